The predicted octanol–water partition coefficient (Wildman–Crippen LogP) is 16.2. The fourth-order valence-corrected chi connectivity index (χ4v) is 7.44. The second kappa shape index (κ2) is 46.8. The van der Waals surface area contributed by atoms with Crippen molar-refractivity contribution in [2.24, 2.45) is 0 Å². The van der Waals surface area contributed by atoms with Crippen LogP contribution in [0.5, 0.6) is 0 Å². The van der Waals surface area contributed by atoms with Crippen molar-refractivity contribution in [2.75, 3.05) is 13.2 Å². The molecule has 0 aromatic heterocycles. The minimum absolute atomic E-state index is 0.0679. The molecule has 336 valence electrons. The Kier molecular flexibility index (Phi) is 45.3. The SMILES string of the molecule is CCCCCCCCCCC/C=C\CCCCCCCC(=O)OCC(COC(=O)CCCCCCCCCCCC)OC(=O)CCCCCCCCCCCCC. The highest BCUT2D eigenvalue weighted by molar-refractivity contribution is 5.71. The molecule has 0 bridgehead atoms. The second-order valence-electron chi connectivity index (χ2n) is 17.1. The smallest absolute Gasteiger partial charge is 0.306 e. The highest BCUT2D eigenvalue weighted by Crippen LogP contribution is 2.15. The molecule has 6 heteroatoms. The molecule has 0 aliphatic heterocycles. The van der Waals surface area contributed by atoms with Gasteiger partial charge in [-0.3, -0.25) is 14.4 Å². The maximum absolute atomic E-state index is 12.7. The Labute approximate surface area is 354 Å². The first-order chi connectivity index (χ1) is 28.0. The first kappa shape index (κ1) is 55.2. The van der Waals surface area contributed by atoms with Crippen molar-refractivity contribution in [1.82, 2.24) is 0 Å². The van der Waals surface area contributed by atoms with Crippen molar-refractivity contribution in [3.8, 4) is 0 Å². The normalized spacial score (nSPS) is 12.0. The van der Waals surface area contributed by atoms with Gasteiger partial charge in [-0.1, -0.05) is 226 Å². The summed E-state index contributed by atoms with van der Waals surface area (Å²) < 4.78 is 16.7. The molecule has 0 saturated carbocycles. The van der Waals surface area contributed by atoms with Gasteiger partial charge in [0, 0.05) is 19.3 Å². The van der Waals surface area contributed by atoms with Gasteiger partial charge in [-0.15, -0.1) is 0 Å². The summed E-state index contributed by atoms with van der Waals surface area (Å²) in [6.45, 7) is 6.64. The molecule has 1 unspecified atom stereocenters. The molecule has 0 radical (unpaired) electrons. The van der Waals surface area contributed by atoms with E-state index >= 15 is 0 Å². The lowest BCUT2D eigenvalue weighted by Gasteiger charge is -2.18. The molecule has 0 fully saturated rings. The molecule has 0 aromatic rings. The standard InChI is InChI=1S/C51H96O6/c1-4-7-10-13-16-19-22-23-24-25-26-27-28-30-32-35-38-41-44-50(53)56-47-48(46-55-49(52)43-40-37-34-31-21-18-15-12-9-6-3)57-51(54)45-42-39-36-33-29-20-17-14-11-8-5-2/h26-27,48H,4-25,28-47H2,1-3H3/b27-26-. The summed E-state index contributed by atoms with van der Waals surface area (Å²) in [7, 11) is 0. The van der Waals surface area contributed by atoms with E-state index in [9.17, 15) is 14.4 Å². The number of esters is 3. The van der Waals surface area contributed by atoms with Crippen LogP contribution in [-0.4, -0.2) is 37.2 Å². The van der Waals surface area contributed by atoms with Gasteiger partial charge in [-0.25, -0.2) is 0 Å². The van der Waals surface area contributed by atoms with Crippen molar-refractivity contribution < 1.29 is 28.6 Å². The molecule has 0 aliphatic carbocycles. The van der Waals surface area contributed by atoms with Crippen LogP contribution in [-0.2, 0) is 28.6 Å². The first-order valence-corrected chi connectivity index (χ1v) is 25.2. The molecule has 0 spiro atoms. The third-order valence-electron chi connectivity index (χ3n) is 11.3. The van der Waals surface area contributed by atoms with E-state index in [0.717, 1.165) is 64.2 Å². The Bertz CT molecular complexity index is 885. The van der Waals surface area contributed by atoms with Crippen molar-refractivity contribution >= 4 is 17.9 Å². The number of allylic oxidation sites excluding steroid dienone is 2. The third-order valence-corrected chi connectivity index (χ3v) is 11.3. The van der Waals surface area contributed by atoms with Crippen LogP contribution < -0.4 is 0 Å². The van der Waals surface area contributed by atoms with Crippen molar-refractivity contribution in [2.45, 2.75) is 284 Å². The van der Waals surface area contributed by atoms with Crippen LogP contribution in [0.2, 0.25) is 0 Å². The minimum atomic E-state index is -0.765. The van der Waals surface area contributed by atoms with E-state index in [0.29, 0.717) is 19.3 Å². The van der Waals surface area contributed by atoms with Crippen molar-refractivity contribution in [3.63, 3.8) is 0 Å². The molecule has 0 aromatic carbocycles. The average molecular weight is 805 g/mol. The van der Waals surface area contributed by atoms with Gasteiger partial charge >= 0.3 is 17.9 Å². The first-order valence-electron chi connectivity index (χ1n) is 25.2. The molecule has 57 heavy (non-hydrogen) atoms. The number of unbranched alkanes of at least 4 members (excludes halogenated alkanes) is 33. The van der Waals surface area contributed by atoms with Crippen molar-refractivity contribution in [3.05, 3.63) is 12.2 Å². The lowest BCUT2D eigenvalue weighted by Crippen LogP contribution is -2.30. The summed E-state index contributed by atoms with van der Waals surface area (Å²) in [5, 5.41) is 0. The Morgan fingerprint density at radius 1 is 0.333 bits per heavy atom. The van der Waals surface area contributed by atoms with E-state index in [1.165, 1.54) is 173 Å². The van der Waals surface area contributed by atoms with E-state index in [-0.39, 0.29) is 31.1 Å². The Morgan fingerprint density at radius 2 is 0.579 bits per heavy atom. The lowest BCUT2D eigenvalue weighted by atomic mass is 10.1. The van der Waals surface area contributed by atoms with E-state index < -0.39 is 6.10 Å². The largest absolute Gasteiger partial charge is 0.462 e. The monoisotopic (exact) mass is 805 g/mol. The molecular weight excluding hydrogens is 709 g/mol. The summed E-state index contributed by atoms with van der Waals surface area (Å²) >= 11 is 0. The molecule has 0 aliphatic rings. The summed E-state index contributed by atoms with van der Waals surface area (Å²) in [5.74, 6) is -0.866. The van der Waals surface area contributed by atoms with E-state index in [1.54, 1.807) is 0 Å². The zero-order valence-corrected chi connectivity index (χ0v) is 38.4. The quantitative estimate of drug-likeness (QED) is 0.0264. The molecule has 0 saturated heterocycles. The summed E-state index contributed by atoms with van der Waals surface area (Å²) in [6, 6.07) is 0. The van der Waals surface area contributed by atoms with Gasteiger partial charge in [-0.05, 0) is 44.9 Å². The van der Waals surface area contributed by atoms with Gasteiger partial charge in [-0.2, -0.15) is 0 Å². The average Bonchev–Trinajstić information content (AvgIpc) is 3.21. The number of carbonyl (C=O) groups is 3. The summed E-state index contributed by atoms with van der Waals surface area (Å²) in [6.07, 6.45) is 50.5. The molecule has 6 nitrogen and oxygen atoms in total. The maximum atomic E-state index is 12.7. The fourth-order valence-electron chi connectivity index (χ4n) is 7.44. The van der Waals surface area contributed by atoms with E-state index in [1.807, 2.05) is 0 Å². The van der Waals surface area contributed by atoms with Crippen molar-refractivity contribution in [1.29, 1.82) is 0 Å². The maximum Gasteiger partial charge on any atom is 0.306 e. The summed E-state index contributed by atoms with van der Waals surface area (Å²) in [5.41, 5.74) is 0. The lowest BCUT2D eigenvalue weighted by molar-refractivity contribution is -0.167. The number of carbonyl (C=O) groups excluding carboxylic acids is 3. The number of hydrogen-bond donors (Lipinski definition) is 0. The fraction of sp³-hybridized carbons (Fsp3) is 0.902. The molecule has 0 amide bonds. The molecular formula is C51H96O6. The van der Waals surface area contributed by atoms with Gasteiger partial charge in [0.15, 0.2) is 6.10 Å². The van der Waals surface area contributed by atoms with Crippen LogP contribution >= 0.6 is 0 Å². The Balaban J connectivity index is 4.27. The van der Waals surface area contributed by atoms with Gasteiger partial charge < -0.3 is 14.2 Å². The highest BCUT2D eigenvalue weighted by Gasteiger charge is 2.19. The highest BCUT2D eigenvalue weighted by atomic mass is 16.6. The zero-order valence-electron chi connectivity index (χ0n) is 38.4. The van der Waals surface area contributed by atoms with E-state index in [4.69, 9.17) is 14.2 Å². The molecule has 0 rings (SSSR count). The number of hydrogen-bond acceptors (Lipinski definition) is 6. The van der Waals surface area contributed by atoms with Gasteiger partial charge in [0.05, 0.1) is 0 Å². The molecule has 1 atom stereocenters. The number of rotatable bonds is 46. The van der Waals surface area contributed by atoms with Gasteiger partial charge in [0.2, 0.25) is 0 Å². The molecule has 0 heterocycles. The zero-order chi connectivity index (χ0) is 41.5. The van der Waals surface area contributed by atoms with Crippen LogP contribution in [0.4, 0.5) is 0 Å². The van der Waals surface area contributed by atoms with Crippen LogP contribution in [0.1, 0.15) is 278 Å². The molecule has 0 N–H and O–H groups in total. The van der Waals surface area contributed by atoms with Crippen LogP contribution in [0, 0.1) is 0 Å². The van der Waals surface area contributed by atoms with Crippen LogP contribution in [0.25, 0.3) is 0 Å². The minimum Gasteiger partial charge on any atom is -0.462 e. The summed E-state index contributed by atoms with van der Waals surface area (Å²) in [4.78, 5) is 37.8. The predicted molar refractivity (Wildman–Crippen MR) is 243 cm³/mol. The topological polar surface area (TPSA) is 78.9 Å². The Hall–Kier alpha value is -1.85. The number of ether oxygens (including phenoxy) is 3. The van der Waals surface area contributed by atoms with Gasteiger partial charge in [0.25, 0.3) is 0 Å². The second-order valence-corrected chi connectivity index (χ2v) is 17.1. The van der Waals surface area contributed by atoms with E-state index in [2.05, 4.69) is 32.9 Å². The van der Waals surface area contributed by atoms with Crippen LogP contribution in [0.3, 0.4) is 0 Å². The van der Waals surface area contributed by atoms with Gasteiger partial charge in [0.1, 0.15) is 13.2 Å². The Morgan fingerprint density at radius 3 is 0.877 bits per heavy atom. The van der Waals surface area contributed by atoms with Crippen LogP contribution in [0.15, 0.2) is 12.2 Å². The third kappa shape index (κ3) is 45.1.